The van der Waals surface area contributed by atoms with Gasteiger partial charge >= 0.3 is 0 Å². The molecule has 3 nitrogen and oxygen atoms in total. The Hall–Kier alpha value is -0.450. The minimum absolute atomic E-state index is 0.438. The molecule has 19 heavy (non-hydrogen) atoms. The van der Waals surface area contributed by atoms with Gasteiger partial charge in [-0.25, -0.2) is 0 Å². The van der Waals surface area contributed by atoms with E-state index in [1.54, 1.807) is 0 Å². The molecule has 1 fully saturated rings. The Morgan fingerprint density at radius 2 is 2.26 bits per heavy atom. The van der Waals surface area contributed by atoms with Crippen LogP contribution in [0.2, 0.25) is 0 Å². The zero-order valence-corrected chi connectivity index (χ0v) is 13.7. The van der Waals surface area contributed by atoms with Gasteiger partial charge in [-0.2, -0.15) is 0 Å². The molecule has 0 spiro atoms. The van der Waals surface area contributed by atoms with Gasteiger partial charge < -0.3 is 5.32 Å². The molecule has 2 unspecified atom stereocenters. The Kier molecular flexibility index (Phi) is 5.37. The molecular formula is C15H24BrN3. The van der Waals surface area contributed by atoms with Crippen molar-refractivity contribution in [2.45, 2.75) is 38.8 Å². The molecule has 0 saturated carbocycles. The second-order valence-corrected chi connectivity index (χ2v) is 6.71. The largest absolute Gasteiger partial charge is 0.314 e. The first-order chi connectivity index (χ1) is 9.08. The molecule has 1 aromatic rings. The Bertz CT molecular complexity index is 391. The van der Waals surface area contributed by atoms with Gasteiger partial charge in [0.2, 0.25) is 0 Å². The molecule has 0 radical (unpaired) electrons. The number of piperidine rings is 1. The van der Waals surface area contributed by atoms with E-state index in [1.165, 1.54) is 25.1 Å². The van der Waals surface area contributed by atoms with E-state index in [0.29, 0.717) is 18.0 Å². The summed E-state index contributed by atoms with van der Waals surface area (Å²) in [5.41, 5.74) is 1.20. The summed E-state index contributed by atoms with van der Waals surface area (Å²) in [6, 6.07) is 5.23. The Balaban J connectivity index is 2.13. The van der Waals surface area contributed by atoms with Crippen LogP contribution in [-0.2, 0) is 0 Å². The van der Waals surface area contributed by atoms with Gasteiger partial charge in [0.15, 0.2) is 0 Å². The van der Waals surface area contributed by atoms with Crippen LogP contribution in [0.1, 0.15) is 38.4 Å². The van der Waals surface area contributed by atoms with E-state index in [2.05, 4.69) is 64.2 Å². The predicted octanol–water partition coefficient (Wildman–Crippen LogP) is 3.23. The zero-order chi connectivity index (χ0) is 13.8. The van der Waals surface area contributed by atoms with Crippen LogP contribution in [0.5, 0.6) is 0 Å². The van der Waals surface area contributed by atoms with Crippen LogP contribution in [0.15, 0.2) is 22.8 Å². The predicted molar refractivity (Wildman–Crippen MR) is 83.2 cm³/mol. The van der Waals surface area contributed by atoms with Crippen molar-refractivity contribution in [3.8, 4) is 0 Å². The summed E-state index contributed by atoms with van der Waals surface area (Å²) in [4.78, 5) is 7.06. The molecular weight excluding hydrogens is 302 g/mol. The van der Waals surface area contributed by atoms with Crippen molar-refractivity contribution in [2.24, 2.45) is 5.92 Å². The fraction of sp³-hybridized carbons (Fsp3) is 0.667. The lowest BCUT2D eigenvalue weighted by Gasteiger charge is -2.39. The summed E-state index contributed by atoms with van der Waals surface area (Å²) < 4.78 is 1.05. The minimum Gasteiger partial charge on any atom is -0.314 e. The average Bonchev–Trinajstić information content (AvgIpc) is 2.38. The van der Waals surface area contributed by atoms with Crippen molar-refractivity contribution in [3.05, 3.63) is 28.5 Å². The number of halogens is 1. The molecule has 1 N–H and O–H groups in total. The van der Waals surface area contributed by atoms with Crippen LogP contribution in [-0.4, -0.2) is 36.1 Å². The topological polar surface area (TPSA) is 28.2 Å². The third-order valence-electron chi connectivity index (χ3n) is 3.85. The summed E-state index contributed by atoms with van der Waals surface area (Å²) in [5.74, 6) is 0.648. The van der Waals surface area contributed by atoms with E-state index in [4.69, 9.17) is 0 Å². The van der Waals surface area contributed by atoms with Crippen molar-refractivity contribution in [3.63, 3.8) is 0 Å². The standard InChI is InChI=1S/C15H24BrN3/c1-11(2)17-9-12-5-4-8-19(3)15(12)14-7-6-13(16)10-18-14/h6-7,10-12,15,17H,4-5,8-9H2,1-3H3. The SMILES string of the molecule is CC(C)NCC1CCCN(C)C1c1ccc(Br)cn1. The highest BCUT2D eigenvalue weighted by molar-refractivity contribution is 9.10. The number of nitrogens with zero attached hydrogens (tertiary/aromatic N) is 2. The molecule has 1 saturated heterocycles. The van der Waals surface area contributed by atoms with Crippen LogP contribution in [0, 0.1) is 5.92 Å². The molecule has 1 aliphatic rings. The first-order valence-corrected chi connectivity index (χ1v) is 7.92. The third-order valence-corrected chi connectivity index (χ3v) is 4.32. The highest BCUT2D eigenvalue weighted by atomic mass is 79.9. The Morgan fingerprint density at radius 3 is 2.89 bits per heavy atom. The first kappa shape index (κ1) is 14.9. The number of likely N-dealkylation sites (tertiary alicyclic amines) is 1. The van der Waals surface area contributed by atoms with Crippen LogP contribution in [0.25, 0.3) is 0 Å². The van der Waals surface area contributed by atoms with E-state index in [-0.39, 0.29) is 0 Å². The van der Waals surface area contributed by atoms with Gasteiger partial charge in [-0.15, -0.1) is 0 Å². The fourth-order valence-electron chi connectivity index (χ4n) is 2.89. The maximum Gasteiger partial charge on any atom is 0.0579 e. The van der Waals surface area contributed by atoms with Crippen molar-refractivity contribution >= 4 is 15.9 Å². The summed E-state index contributed by atoms with van der Waals surface area (Å²) in [6.07, 6.45) is 4.48. The molecule has 2 atom stereocenters. The number of nitrogens with one attached hydrogen (secondary N) is 1. The van der Waals surface area contributed by atoms with Gasteiger partial charge in [-0.1, -0.05) is 13.8 Å². The molecule has 2 rings (SSSR count). The van der Waals surface area contributed by atoms with Crippen molar-refractivity contribution in [2.75, 3.05) is 20.1 Å². The second kappa shape index (κ2) is 6.82. The zero-order valence-electron chi connectivity index (χ0n) is 12.1. The summed E-state index contributed by atoms with van der Waals surface area (Å²) in [7, 11) is 2.22. The quantitative estimate of drug-likeness (QED) is 0.921. The van der Waals surface area contributed by atoms with E-state index in [1.807, 2.05) is 6.20 Å². The van der Waals surface area contributed by atoms with Gasteiger partial charge in [0.1, 0.15) is 0 Å². The van der Waals surface area contributed by atoms with E-state index < -0.39 is 0 Å². The van der Waals surface area contributed by atoms with Crippen molar-refractivity contribution in [1.82, 2.24) is 15.2 Å². The molecule has 0 aliphatic carbocycles. The number of aromatic nitrogens is 1. The monoisotopic (exact) mass is 325 g/mol. The first-order valence-electron chi connectivity index (χ1n) is 7.13. The summed E-state index contributed by atoms with van der Waals surface area (Å²) in [5, 5.41) is 3.58. The lowest BCUT2D eigenvalue weighted by atomic mass is 9.87. The maximum atomic E-state index is 4.61. The van der Waals surface area contributed by atoms with Crippen LogP contribution in [0.4, 0.5) is 0 Å². The molecule has 2 heterocycles. The molecule has 0 amide bonds. The molecule has 1 aromatic heterocycles. The average molecular weight is 326 g/mol. The van der Waals surface area contributed by atoms with E-state index >= 15 is 0 Å². The summed E-state index contributed by atoms with van der Waals surface area (Å²) in [6.45, 7) is 6.66. The lowest BCUT2D eigenvalue weighted by molar-refractivity contribution is 0.115. The molecule has 106 valence electrons. The van der Waals surface area contributed by atoms with Gasteiger partial charge in [0, 0.05) is 23.3 Å². The van der Waals surface area contributed by atoms with Gasteiger partial charge in [-0.3, -0.25) is 9.88 Å². The molecule has 4 heteroatoms. The number of hydrogen-bond donors (Lipinski definition) is 1. The van der Waals surface area contributed by atoms with E-state index in [0.717, 1.165) is 11.0 Å². The Morgan fingerprint density at radius 1 is 1.47 bits per heavy atom. The minimum atomic E-state index is 0.438. The highest BCUT2D eigenvalue weighted by Crippen LogP contribution is 2.34. The van der Waals surface area contributed by atoms with Crippen LogP contribution in [0.3, 0.4) is 0 Å². The van der Waals surface area contributed by atoms with Gasteiger partial charge in [0.05, 0.1) is 11.7 Å². The molecule has 0 aromatic carbocycles. The molecule has 1 aliphatic heterocycles. The number of rotatable bonds is 4. The summed E-state index contributed by atoms with van der Waals surface area (Å²) >= 11 is 3.46. The number of pyridine rings is 1. The molecule has 0 bridgehead atoms. The van der Waals surface area contributed by atoms with Gasteiger partial charge in [0.25, 0.3) is 0 Å². The normalized spacial score (nSPS) is 24.9. The van der Waals surface area contributed by atoms with Gasteiger partial charge in [-0.05, 0) is 60.4 Å². The van der Waals surface area contributed by atoms with Crippen molar-refractivity contribution in [1.29, 1.82) is 0 Å². The maximum absolute atomic E-state index is 4.61. The van der Waals surface area contributed by atoms with Crippen molar-refractivity contribution < 1.29 is 0 Å². The van der Waals surface area contributed by atoms with Crippen LogP contribution < -0.4 is 5.32 Å². The van der Waals surface area contributed by atoms with E-state index in [9.17, 15) is 0 Å². The smallest absolute Gasteiger partial charge is 0.0579 e. The lowest BCUT2D eigenvalue weighted by Crippen LogP contribution is -2.42. The number of hydrogen-bond acceptors (Lipinski definition) is 3. The van der Waals surface area contributed by atoms with Crippen LogP contribution >= 0.6 is 15.9 Å². The fourth-order valence-corrected chi connectivity index (χ4v) is 3.12. The highest BCUT2D eigenvalue weighted by Gasteiger charge is 2.31. The Labute approximate surface area is 124 Å². The third kappa shape index (κ3) is 4.01. The second-order valence-electron chi connectivity index (χ2n) is 5.79.